The molecule has 0 spiro atoms. The Bertz CT molecular complexity index is 811. The summed E-state index contributed by atoms with van der Waals surface area (Å²) in [5.41, 5.74) is 1.32. The summed E-state index contributed by atoms with van der Waals surface area (Å²) in [7, 11) is 1.29. The summed E-state index contributed by atoms with van der Waals surface area (Å²) < 4.78 is 16.8. The Morgan fingerprint density at radius 3 is 2.75 bits per heavy atom. The molecule has 1 saturated heterocycles. The zero-order chi connectivity index (χ0) is 20.3. The average Bonchev–Trinajstić information content (AvgIpc) is 3.20. The van der Waals surface area contributed by atoms with Gasteiger partial charge < -0.3 is 34.6 Å². The highest BCUT2D eigenvalue weighted by Crippen LogP contribution is 2.22. The topological polar surface area (TPSA) is 156 Å². The molecule has 2 aromatic rings. The van der Waals surface area contributed by atoms with Gasteiger partial charge in [-0.3, -0.25) is 0 Å². The molecule has 5 atom stereocenters. The lowest BCUT2D eigenvalue weighted by Crippen LogP contribution is -2.59. The van der Waals surface area contributed by atoms with Crippen LogP contribution in [0.15, 0.2) is 30.5 Å². The molecule has 0 radical (unpaired) electrons. The van der Waals surface area contributed by atoms with Gasteiger partial charge in [-0.05, 0) is 18.2 Å². The third-order valence-corrected chi connectivity index (χ3v) is 4.32. The van der Waals surface area contributed by atoms with Gasteiger partial charge in [0.15, 0.2) is 6.29 Å². The lowest BCUT2D eigenvalue weighted by Gasteiger charge is -2.39. The quantitative estimate of drug-likeness (QED) is 0.419. The second kappa shape index (κ2) is 8.73. The van der Waals surface area contributed by atoms with E-state index in [0.717, 1.165) is 0 Å². The van der Waals surface area contributed by atoms with Crippen molar-refractivity contribution in [3.05, 3.63) is 41.7 Å². The van der Waals surface area contributed by atoms with Crippen LogP contribution in [0.2, 0.25) is 0 Å². The molecule has 0 bridgehead atoms. The van der Waals surface area contributed by atoms with E-state index in [0.29, 0.717) is 16.9 Å². The molecule has 1 aliphatic rings. The maximum Gasteiger partial charge on any atom is 0.337 e. The van der Waals surface area contributed by atoms with E-state index >= 15 is 0 Å². The molecule has 1 aromatic carbocycles. The highest BCUT2D eigenvalue weighted by molar-refractivity contribution is 5.89. The lowest BCUT2D eigenvalue weighted by molar-refractivity contribution is -0.304. The van der Waals surface area contributed by atoms with Crippen LogP contribution in [0.1, 0.15) is 16.1 Å². The number of benzene rings is 1. The van der Waals surface area contributed by atoms with E-state index in [-0.39, 0.29) is 6.61 Å². The Labute approximate surface area is 159 Å². The van der Waals surface area contributed by atoms with E-state index < -0.39 is 43.3 Å². The minimum atomic E-state index is -1.52. The summed E-state index contributed by atoms with van der Waals surface area (Å²) in [6.45, 7) is -0.656. The van der Waals surface area contributed by atoms with Crippen molar-refractivity contribution in [3.63, 3.8) is 0 Å². The first kappa shape index (κ1) is 20.3. The van der Waals surface area contributed by atoms with Crippen LogP contribution in [0, 0.1) is 0 Å². The van der Waals surface area contributed by atoms with Gasteiger partial charge in [-0.25, -0.2) is 9.48 Å². The molecular weight excluding hydrogens is 374 g/mol. The average molecular weight is 395 g/mol. The highest BCUT2D eigenvalue weighted by atomic mass is 16.7. The lowest BCUT2D eigenvalue weighted by atomic mass is 9.99. The van der Waals surface area contributed by atoms with Gasteiger partial charge in [0, 0.05) is 0 Å². The van der Waals surface area contributed by atoms with E-state index in [2.05, 4.69) is 15.0 Å². The van der Waals surface area contributed by atoms with Gasteiger partial charge in [-0.1, -0.05) is 11.3 Å². The molecule has 0 amide bonds. The first-order valence-electron chi connectivity index (χ1n) is 8.46. The van der Waals surface area contributed by atoms with Crippen molar-refractivity contribution in [3.8, 4) is 5.69 Å². The van der Waals surface area contributed by atoms with Gasteiger partial charge in [0.2, 0.25) is 0 Å². The molecule has 11 heteroatoms. The SMILES string of the molecule is COC(=O)c1cccc(-n2cc(CO[C@H]3O[C@H](CO)[C@@H](O)[C@H](O)[C@@H]3O)nn2)c1. The first-order valence-corrected chi connectivity index (χ1v) is 8.46. The van der Waals surface area contributed by atoms with Crippen LogP contribution in [-0.4, -0.2) is 85.8 Å². The van der Waals surface area contributed by atoms with Crippen molar-refractivity contribution in [1.82, 2.24) is 15.0 Å². The number of ether oxygens (including phenoxy) is 3. The van der Waals surface area contributed by atoms with E-state index in [4.69, 9.17) is 9.47 Å². The molecule has 0 saturated carbocycles. The number of aromatic nitrogens is 3. The van der Waals surface area contributed by atoms with E-state index in [1.165, 1.54) is 11.8 Å². The number of nitrogens with zero attached hydrogens (tertiary/aromatic N) is 3. The second-order valence-corrected chi connectivity index (χ2v) is 6.20. The number of hydrogen-bond acceptors (Lipinski definition) is 10. The van der Waals surface area contributed by atoms with Crippen molar-refractivity contribution in [1.29, 1.82) is 0 Å². The number of carbonyl (C=O) groups excluding carboxylic acids is 1. The predicted octanol–water partition coefficient (Wildman–Crippen LogP) is -1.63. The molecule has 11 nitrogen and oxygen atoms in total. The molecule has 1 aliphatic heterocycles. The van der Waals surface area contributed by atoms with Crippen molar-refractivity contribution in [2.24, 2.45) is 0 Å². The Balaban J connectivity index is 1.66. The number of carbonyl (C=O) groups is 1. The van der Waals surface area contributed by atoms with Gasteiger partial charge in [0.1, 0.15) is 30.1 Å². The number of aliphatic hydroxyl groups excluding tert-OH is 4. The number of hydrogen-bond donors (Lipinski definition) is 4. The molecule has 3 rings (SSSR count). The summed E-state index contributed by atoms with van der Waals surface area (Å²) in [4.78, 5) is 11.6. The van der Waals surface area contributed by atoms with Crippen LogP contribution in [-0.2, 0) is 20.8 Å². The van der Waals surface area contributed by atoms with Gasteiger partial charge in [-0.2, -0.15) is 0 Å². The van der Waals surface area contributed by atoms with Crippen molar-refractivity contribution in [2.75, 3.05) is 13.7 Å². The molecule has 1 aromatic heterocycles. The maximum absolute atomic E-state index is 11.6. The van der Waals surface area contributed by atoms with Crippen LogP contribution in [0.3, 0.4) is 0 Å². The summed E-state index contributed by atoms with van der Waals surface area (Å²) >= 11 is 0. The number of methoxy groups -OCH3 is 1. The van der Waals surface area contributed by atoms with Gasteiger partial charge in [-0.15, -0.1) is 5.10 Å². The van der Waals surface area contributed by atoms with E-state index in [9.17, 15) is 25.2 Å². The fourth-order valence-electron chi connectivity index (χ4n) is 2.76. The van der Waals surface area contributed by atoms with E-state index in [1.54, 1.807) is 30.5 Å². The fourth-order valence-corrected chi connectivity index (χ4v) is 2.76. The molecule has 0 aliphatic carbocycles. The zero-order valence-corrected chi connectivity index (χ0v) is 15.0. The molecule has 1 fully saturated rings. The van der Waals surface area contributed by atoms with Crippen LogP contribution < -0.4 is 0 Å². The fraction of sp³-hybridized carbons (Fsp3) is 0.471. The van der Waals surface area contributed by atoms with Crippen LogP contribution >= 0.6 is 0 Å². The van der Waals surface area contributed by atoms with Crippen molar-refractivity contribution in [2.45, 2.75) is 37.3 Å². The Morgan fingerprint density at radius 1 is 1.25 bits per heavy atom. The largest absolute Gasteiger partial charge is 0.465 e. The van der Waals surface area contributed by atoms with Crippen molar-refractivity contribution < 1.29 is 39.4 Å². The summed E-state index contributed by atoms with van der Waals surface area (Å²) in [5.74, 6) is -0.479. The minimum Gasteiger partial charge on any atom is -0.465 e. The standard InChI is InChI=1S/C17H21N3O8/c1-26-16(25)9-3-2-4-11(5-9)20-6-10(18-19-20)8-27-17-15(24)14(23)13(22)12(7-21)28-17/h2-6,12-15,17,21-24H,7-8H2,1H3/t12-,13-,14+,15+,17+/m1/s1. The summed E-state index contributed by atoms with van der Waals surface area (Å²) in [6, 6.07) is 6.59. The number of esters is 1. The molecule has 0 unspecified atom stereocenters. The molecule has 28 heavy (non-hydrogen) atoms. The Kier molecular flexibility index (Phi) is 6.34. The molecule has 4 N–H and O–H groups in total. The molecule has 152 valence electrons. The van der Waals surface area contributed by atoms with Crippen LogP contribution in [0.25, 0.3) is 5.69 Å². The normalized spacial score (nSPS) is 27.5. The van der Waals surface area contributed by atoms with Crippen LogP contribution in [0.5, 0.6) is 0 Å². The smallest absolute Gasteiger partial charge is 0.337 e. The number of aliphatic hydroxyl groups is 4. The van der Waals surface area contributed by atoms with Crippen molar-refractivity contribution >= 4 is 5.97 Å². The second-order valence-electron chi connectivity index (χ2n) is 6.20. The first-order chi connectivity index (χ1) is 13.4. The van der Waals surface area contributed by atoms with Crippen LogP contribution in [0.4, 0.5) is 0 Å². The minimum absolute atomic E-state index is 0.112. The molecular formula is C17H21N3O8. The van der Waals surface area contributed by atoms with E-state index in [1.807, 2.05) is 0 Å². The zero-order valence-electron chi connectivity index (χ0n) is 15.0. The highest BCUT2D eigenvalue weighted by Gasteiger charge is 2.44. The Hall–Kier alpha value is -2.41. The van der Waals surface area contributed by atoms with Gasteiger partial charge in [0.05, 0.1) is 37.8 Å². The molecule has 2 heterocycles. The third kappa shape index (κ3) is 4.19. The predicted molar refractivity (Wildman–Crippen MR) is 91.3 cm³/mol. The Morgan fingerprint density at radius 2 is 2.04 bits per heavy atom. The third-order valence-electron chi connectivity index (χ3n) is 4.32. The van der Waals surface area contributed by atoms with Gasteiger partial charge in [0.25, 0.3) is 0 Å². The monoisotopic (exact) mass is 395 g/mol. The van der Waals surface area contributed by atoms with Gasteiger partial charge >= 0.3 is 5.97 Å². The summed E-state index contributed by atoms with van der Waals surface area (Å²) in [5, 5.41) is 46.6. The maximum atomic E-state index is 11.6. The summed E-state index contributed by atoms with van der Waals surface area (Å²) in [6.07, 6.45) is -5.23. The number of rotatable bonds is 6.